The molecule has 0 saturated heterocycles. The van der Waals surface area contributed by atoms with E-state index >= 15 is 0 Å². The number of carbonyl (C=O) groups is 1. The van der Waals surface area contributed by atoms with Crippen molar-refractivity contribution in [2.45, 2.75) is 6.42 Å². The monoisotopic (exact) mass is 333 g/mol. The van der Waals surface area contributed by atoms with Gasteiger partial charge in [-0.2, -0.15) is 0 Å². The van der Waals surface area contributed by atoms with E-state index in [2.05, 4.69) is 21.7 Å². The van der Waals surface area contributed by atoms with Crippen LogP contribution in [-0.4, -0.2) is 30.5 Å². The summed E-state index contributed by atoms with van der Waals surface area (Å²) < 4.78 is 0. The van der Waals surface area contributed by atoms with E-state index in [1.165, 1.54) is 16.9 Å². The summed E-state index contributed by atoms with van der Waals surface area (Å²) in [4.78, 5) is 16.6. The molecule has 1 amide bonds. The summed E-state index contributed by atoms with van der Waals surface area (Å²) in [5.74, 6) is -0.135. The van der Waals surface area contributed by atoms with Gasteiger partial charge >= 0.3 is 0 Å². The Hall–Kier alpha value is -1.69. The summed E-state index contributed by atoms with van der Waals surface area (Å²) in [5, 5.41) is 9.42. The number of hydrogen-bond acceptors (Lipinski definition) is 4. The van der Waals surface area contributed by atoms with Crippen LogP contribution in [0.3, 0.4) is 0 Å². The maximum absolute atomic E-state index is 12.2. The number of carbonyl (C=O) groups excluding carboxylic acids is 1. The second kappa shape index (κ2) is 7.05. The third-order valence-electron chi connectivity index (χ3n) is 3.44. The second-order valence-corrected chi connectivity index (χ2v) is 6.34. The van der Waals surface area contributed by atoms with Crippen LogP contribution >= 0.6 is 22.9 Å². The second-order valence-electron chi connectivity index (χ2n) is 5.05. The topological polar surface area (TPSA) is 54.0 Å². The lowest BCUT2D eigenvalue weighted by Crippen LogP contribution is -2.29. The summed E-state index contributed by atoms with van der Waals surface area (Å²) in [6.07, 6.45) is 3.10. The quantitative estimate of drug-likeness (QED) is 0.845. The van der Waals surface area contributed by atoms with Crippen LogP contribution in [0, 0.1) is 0 Å². The number of amides is 1. The highest BCUT2D eigenvalue weighted by atomic mass is 35.5. The Kier molecular flexibility index (Phi) is 4.87. The van der Waals surface area contributed by atoms with E-state index in [4.69, 9.17) is 11.6 Å². The SMILES string of the molecule is O=C(NCC1=CCNCC1)c1csc(-c2cccc(Cl)c2)n1. The first-order valence-corrected chi connectivity index (χ1v) is 8.36. The van der Waals surface area contributed by atoms with Gasteiger partial charge in [0.05, 0.1) is 0 Å². The molecule has 0 atom stereocenters. The Balaban J connectivity index is 1.65. The van der Waals surface area contributed by atoms with Crippen molar-refractivity contribution in [3.8, 4) is 10.6 Å². The zero-order chi connectivity index (χ0) is 15.4. The van der Waals surface area contributed by atoms with Gasteiger partial charge in [0.1, 0.15) is 10.7 Å². The molecule has 1 aromatic carbocycles. The van der Waals surface area contributed by atoms with E-state index in [9.17, 15) is 4.79 Å². The van der Waals surface area contributed by atoms with Gasteiger partial charge in [-0.1, -0.05) is 35.4 Å². The Labute approximate surface area is 138 Å². The van der Waals surface area contributed by atoms with Gasteiger partial charge in [-0.25, -0.2) is 4.98 Å². The van der Waals surface area contributed by atoms with Crippen molar-refractivity contribution >= 4 is 28.8 Å². The maximum atomic E-state index is 12.2. The molecule has 2 heterocycles. The van der Waals surface area contributed by atoms with Gasteiger partial charge < -0.3 is 10.6 Å². The number of thiazole rings is 1. The van der Waals surface area contributed by atoms with Gasteiger partial charge in [-0.05, 0) is 25.1 Å². The molecule has 1 aromatic heterocycles. The molecule has 1 aliphatic heterocycles. The standard InChI is InChI=1S/C16H16ClN3OS/c17-13-3-1-2-12(8-13)16-20-14(10-22-16)15(21)19-9-11-4-6-18-7-5-11/h1-4,8,10,18H,5-7,9H2,(H,19,21). The van der Waals surface area contributed by atoms with Crippen molar-refractivity contribution < 1.29 is 4.79 Å². The Morgan fingerprint density at radius 3 is 3.14 bits per heavy atom. The molecule has 0 saturated carbocycles. The number of benzene rings is 1. The molecular weight excluding hydrogens is 318 g/mol. The van der Waals surface area contributed by atoms with Crippen LogP contribution in [-0.2, 0) is 0 Å². The number of halogens is 1. The number of nitrogens with one attached hydrogen (secondary N) is 2. The van der Waals surface area contributed by atoms with Gasteiger partial charge in [-0.15, -0.1) is 11.3 Å². The zero-order valence-corrected chi connectivity index (χ0v) is 13.5. The van der Waals surface area contributed by atoms with Gasteiger partial charge in [-0.3, -0.25) is 4.79 Å². The molecule has 2 N–H and O–H groups in total. The molecule has 0 bridgehead atoms. The summed E-state index contributed by atoms with van der Waals surface area (Å²) in [6.45, 7) is 2.43. The van der Waals surface area contributed by atoms with Crippen LogP contribution in [0.15, 0.2) is 41.3 Å². The molecule has 4 nitrogen and oxygen atoms in total. The van der Waals surface area contributed by atoms with Crippen molar-refractivity contribution in [1.29, 1.82) is 0 Å². The molecule has 0 spiro atoms. The Morgan fingerprint density at radius 1 is 1.45 bits per heavy atom. The van der Waals surface area contributed by atoms with Crippen molar-refractivity contribution in [2.75, 3.05) is 19.6 Å². The third kappa shape index (κ3) is 3.74. The average Bonchev–Trinajstić information content (AvgIpc) is 3.04. The van der Waals surface area contributed by atoms with Crippen LogP contribution in [0.1, 0.15) is 16.9 Å². The van der Waals surface area contributed by atoms with Crippen LogP contribution in [0.25, 0.3) is 10.6 Å². The Morgan fingerprint density at radius 2 is 2.36 bits per heavy atom. The first-order valence-electron chi connectivity index (χ1n) is 7.10. The fourth-order valence-electron chi connectivity index (χ4n) is 2.25. The van der Waals surface area contributed by atoms with Crippen molar-refractivity contribution in [1.82, 2.24) is 15.6 Å². The molecule has 3 rings (SSSR count). The highest BCUT2D eigenvalue weighted by Crippen LogP contribution is 2.25. The van der Waals surface area contributed by atoms with E-state index in [-0.39, 0.29) is 5.91 Å². The van der Waals surface area contributed by atoms with E-state index < -0.39 is 0 Å². The molecule has 0 unspecified atom stereocenters. The van der Waals surface area contributed by atoms with E-state index in [1.54, 1.807) is 5.38 Å². The average molecular weight is 334 g/mol. The predicted molar refractivity (Wildman–Crippen MR) is 90.5 cm³/mol. The van der Waals surface area contributed by atoms with E-state index in [0.29, 0.717) is 17.3 Å². The fourth-order valence-corrected chi connectivity index (χ4v) is 3.23. The zero-order valence-electron chi connectivity index (χ0n) is 11.9. The van der Waals surface area contributed by atoms with Gasteiger partial charge in [0.15, 0.2) is 0 Å². The molecule has 22 heavy (non-hydrogen) atoms. The van der Waals surface area contributed by atoms with Crippen LogP contribution < -0.4 is 10.6 Å². The highest BCUT2D eigenvalue weighted by molar-refractivity contribution is 7.13. The first kappa shape index (κ1) is 15.2. The van der Waals surface area contributed by atoms with Crippen LogP contribution in [0.2, 0.25) is 5.02 Å². The van der Waals surface area contributed by atoms with Crippen LogP contribution in [0.5, 0.6) is 0 Å². The summed E-state index contributed by atoms with van der Waals surface area (Å²) in [6, 6.07) is 7.48. The molecule has 114 valence electrons. The fraction of sp³-hybridized carbons (Fsp3) is 0.250. The highest BCUT2D eigenvalue weighted by Gasteiger charge is 2.12. The lowest BCUT2D eigenvalue weighted by molar-refractivity contribution is 0.0952. The predicted octanol–water partition coefficient (Wildman–Crippen LogP) is 3.11. The molecule has 0 aliphatic carbocycles. The van der Waals surface area contributed by atoms with Gasteiger partial charge in [0, 0.05) is 29.1 Å². The summed E-state index contributed by atoms with van der Waals surface area (Å²) >= 11 is 7.43. The summed E-state index contributed by atoms with van der Waals surface area (Å²) in [5.41, 5.74) is 2.64. The smallest absolute Gasteiger partial charge is 0.271 e. The maximum Gasteiger partial charge on any atom is 0.271 e. The van der Waals surface area contributed by atoms with Crippen LogP contribution in [0.4, 0.5) is 0 Å². The largest absolute Gasteiger partial charge is 0.347 e. The number of rotatable bonds is 4. The Bertz CT molecular complexity index is 711. The van der Waals surface area contributed by atoms with Crippen molar-refractivity contribution in [2.24, 2.45) is 0 Å². The van der Waals surface area contributed by atoms with Gasteiger partial charge in [0.25, 0.3) is 5.91 Å². The molecule has 0 fully saturated rings. The number of nitrogens with zero attached hydrogens (tertiary/aromatic N) is 1. The number of aromatic nitrogens is 1. The first-order chi connectivity index (χ1) is 10.7. The van der Waals surface area contributed by atoms with Gasteiger partial charge in [0.2, 0.25) is 0 Å². The lowest BCUT2D eigenvalue weighted by Gasteiger charge is -2.14. The molecule has 0 radical (unpaired) electrons. The van der Waals surface area contributed by atoms with E-state index in [0.717, 1.165) is 30.1 Å². The van der Waals surface area contributed by atoms with Crippen molar-refractivity contribution in [3.05, 3.63) is 52.0 Å². The van der Waals surface area contributed by atoms with E-state index in [1.807, 2.05) is 24.3 Å². The molecule has 6 heteroatoms. The minimum Gasteiger partial charge on any atom is -0.347 e. The minimum atomic E-state index is -0.135. The molecule has 2 aromatic rings. The molecular formula is C16H16ClN3OS. The number of hydrogen-bond donors (Lipinski definition) is 2. The van der Waals surface area contributed by atoms with Crippen molar-refractivity contribution in [3.63, 3.8) is 0 Å². The summed E-state index contributed by atoms with van der Waals surface area (Å²) in [7, 11) is 0. The minimum absolute atomic E-state index is 0.135. The lowest BCUT2D eigenvalue weighted by atomic mass is 10.1. The normalized spacial score (nSPS) is 14.5. The third-order valence-corrected chi connectivity index (χ3v) is 4.57. The molecule has 1 aliphatic rings.